The normalized spacial score (nSPS) is 30.1. The van der Waals surface area contributed by atoms with E-state index in [2.05, 4.69) is 5.73 Å². The van der Waals surface area contributed by atoms with Gasteiger partial charge in [-0.3, -0.25) is 4.79 Å². The standard InChI is InChI=1S/C3H6ClN.C2H5NO/c4-2-1-3(2)5;1-2(3)4/h2-3H,1,5H2;1H3,(H2,3,4). The molecule has 4 heteroatoms. The molecular formula is C5H11ClN2O. The van der Waals surface area contributed by atoms with Crippen molar-refractivity contribution in [3.8, 4) is 0 Å². The Morgan fingerprint density at radius 3 is 1.89 bits per heavy atom. The van der Waals surface area contributed by atoms with Crippen molar-refractivity contribution in [1.82, 2.24) is 0 Å². The average Bonchev–Trinajstić information content (AvgIpc) is 2.16. The molecule has 1 amide bonds. The first kappa shape index (κ1) is 8.72. The molecule has 2 unspecified atom stereocenters. The van der Waals surface area contributed by atoms with Gasteiger partial charge in [0.25, 0.3) is 0 Å². The van der Waals surface area contributed by atoms with E-state index in [4.69, 9.17) is 17.3 Å². The fraction of sp³-hybridized carbons (Fsp3) is 0.800. The molecule has 9 heavy (non-hydrogen) atoms. The quantitative estimate of drug-likeness (QED) is 0.471. The van der Waals surface area contributed by atoms with E-state index in [-0.39, 0.29) is 5.91 Å². The average molecular weight is 151 g/mol. The summed E-state index contributed by atoms with van der Waals surface area (Å²) >= 11 is 5.41. The molecule has 0 aromatic carbocycles. The van der Waals surface area contributed by atoms with E-state index in [1.54, 1.807) is 0 Å². The number of hydrogen-bond acceptors (Lipinski definition) is 2. The third kappa shape index (κ3) is 7.72. The predicted octanol–water partition coefficient (Wildman–Crippen LogP) is -0.184. The van der Waals surface area contributed by atoms with Crippen LogP contribution < -0.4 is 11.5 Å². The minimum absolute atomic E-state index is 0.301. The lowest BCUT2D eigenvalue weighted by Gasteiger charge is -1.67. The zero-order chi connectivity index (χ0) is 7.44. The Bertz CT molecular complexity index is 97.1. The van der Waals surface area contributed by atoms with Gasteiger partial charge in [-0.2, -0.15) is 0 Å². The van der Waals surface area contributed by atoms with Crippen molar-refractivity contribution in [2.24, 2.45) is 11.5 Å². The fourth-order valence-electron chi connectivity index (χ4n) is 0.181. The highest BCUT2D eigenvalue weighted by Crippen LogP contribution is 2.24. The number of primary amides is 1. The largest absolute Gasteiger partial charge is 0.370 e. The summed E-state index contributed by atoms with van der Waals surface area (Å²) < 4.78 is 0. The van der Waals surface area contributed by atoms with Crippen molar-refractivity contribution >= 4 is 17.5 Å². The fourth-order valence-corrected chi connectivity index (χ4v) is 0.387. The Labute approximate surface area is 59.3 Å². The van der Waals surface area contributed by atoms with Crippen molar-refractivity contribution in [1.29, 1.82) is 0 Å². The van der Waals surface area contributed by atoms with Crippen LogP contribution in [0, 0.1) is 0 Å². The Morgan fingerprint density at radius 2 is 1.89 bits per heavy atom. The van der Waals surface area contributed by atoms with Gasteiger partial charge >= 0.3 is 0 Å². The molecule has 1 rings (SSSR count). The van der Waals surface area contributed by atoms with Gasteiger partial charge < -0.3 is 11.5 Å². The van der Waals surface area contributed by atoms with Crippen LogP contribution in [0.25, 0.3) is 0 Å². The molecule has 2 atom stereocenters. The Kier molecular flexibility index (Phi) is 3.58. The summed E-state index contributed by atoms with van der Waals surface area (Å²) in [6.45, 7) is 1.31. The Hall–Kier alpha value is -0.280. The molecule has 3 nitrogen and oxygen atoms in total. The molecule has 54 valence electrons. The highest BCUT2D eigenvalue weighted by Gasteiger charge is 2.30. The summed E-state index contributed by atoms with van der Waals surface area (Å²) in [5.41, 5.74) is 9.71. The second kappa shape index (κ2) is 3.69. The van der Waals surface area contributed by atoms with Crippen LogP contribution in [0.15, 0.2) is 0 Å². The number of rotatable bonds is 0. The van der Waals surface area contributed by atoms with E-state index in [1.165, 1.54) is 6.92 Å². The lowest BCUT2D eigenvalue weighted by atomic mass is 10.8. The molecule has 4 N–H and O–H groups in total. The van der Waals surface area contributed by atoms with E-state index in [1.807, 2.05) is 0 Å². The molecule has 1 fully saturated rings. The lowest BCUT2D eigenvalue weighted by molar-refractivity contribution is -0.115. The molecule has 0 heterocycles. The number of nitrogens with two attached hydrogens (primary N) is 2. The second-order valence-electron chi connectivity index (χ2n) is 2.03. The first-order chi connectivity index (χ1) is 4.04. The maximum absolute atomic E-state index is 9.22. The SMILES string of the molecule is CC(N)=O.NC1CC1Cl. The van der Waals surface area contributed by atoms with Gasteiger partial charge in [0.05, 0.1) is 5.38 Å². The van der Waals surface area contributed by atoms with Gasteiger partial charge in [-0.15, -0.1) is 11.6 Å². The monoisotopic (exact) mass is 150 g/mol. The summed E-state index contributed by atoms with van der Waals surface area (Å²) in [5, 5.41) is 0.301. The maximum Gasteiger partial charge on any atom is 0.214 e. The Morgan fingerprint density at radius 1 is 1.78 bits per heavy atom. The molecule has 1 aliphatic rings. The van der Waals surface area contributed by atoms with Gasteiger partial charge in [0.2, 0.25) is 5.91 Å². The summed E-state index contributed by atoms with van der Waals surface area (Å²) in [5.74, 6) is -0.333. The summed E-state index contributed by atoms with van der Waals surface area (Å²) in [7, 11) is 0. The number of hydrogen-bond donors (Lipinski definition) is 2. The van der Waals surface area contributed by atoms with Crippen LogP contribution in [0.2, 0.25) is 0 Å². The minimum atomic E-state index is -0.333. The lowest BCUT2D eigenvalue weighted by Crippen LogP contribution is -2.01. The van der Waals surface area contributed by atoms with Crippen LogP contribution in [0.3, 0.4) is 0 Å². The van der Waals surface area contributed by atoms with E-state index in [9.17, 15) is 4.79 Å². The zero-order valence-electron chi connectivity index (χ0n) is 5.30. The molecule has 0 saturated heterocycles. The molecule has 0 bridgehead atoms. The summed E-state index contributed by atoms with van der Waals surface area (Å²) in [6, 6.07) is 0.316. The van der Waals surface area contributed by atoms with Crippen LogP contribution >= 0.6 is 11.6 Å². The molecule has 1 saturated carbocycles. The van der Waals surface area contributed by atoms with Gasteiger partial charge in [-0.1, -0.05) is 0 Å². The van der Waals surface area contributed by atoms with Crippen LogP contribution in [0.1, 0.15) is 13.3 Å². The van der Waals surface area contributed by atoms with Crippen LogP contribution in [0.4, 0.5) is 0 Å². The van der Waals surface area contributed by atoms with Crippen molar-refractivity contribution < 1.29 is 4.79 Å². The smallest absolute Gasteiger partial charge is 0.214 e. The molecule has 0 radical (unpaired) electrons. The van der Waals surface area contributed by atoms with Crippen LogP contribution in [0.5, 0.6) is 0 Å². The van der Waals surface area contributed by atoms with Crippen LogP contribution in [-0.4, -0.2) is 17.3 Å². The number of carbonyl (C=O) groups is 1. The molecular weight excluding hydrogens is 140 g/mol. The van der Waals surface area contributed by atoms with Gasteiger partial charge in [-0.05, 0) is 6.42 Å². The van der Waals surface area contributed by atoms with E-state index < -0.39 is 0 Å². The third-order valence-electron chi connectivity index (χ3n) is 0.759. The highest BCUT2D eigenvalue weighted by atomic mass is 35.5. The second-order valence-corrected chi connectivity index (χ2v) is 2.59. The molecule has 1 aliphatic carbocycles. The summed E-state index contributed by atoms with van der Waals surface area (Å²) in [6.07, 6.45) is 1.02. The molecule has 0 aromatic heterocycles. The molecule has 0 spiro atoms. The van der Waals surface area contributed by atoms with Crippen molar-refractivity contribution in [2.45, 2.75) is 24.8 Å². The van der Waals surface area contributed by atoms with E-state index >= 15 is 0 Å². The van der Waals surface area contributed by atoms with E-state index in [0.29, 0.717) is 11.4 Å². The van der Waals surface area contributed by atoms with Gasteiger partial charge in [0.15, 0.2) is 0 Å². The maximum atomic E-state index is 9.22. The van der Waals surface area contributed by atoms with Crippen molar-refractivity contribution in [3.63, 3.8) is 0 Å². The number of halogens is 1. The Balaban J connectivity index is 0.000000148. The molecule has 0 aliphatic heterocycles. The predicted molar refractivity (Wildman–Crippen MR) is 37.1 cm³/mol. The first-order valence-electron chi connectivity index (χ1n) is 2.69. The minimum Gasteiger partial charge on any atom is -0.370 e. The third-order valence-corrected chi connectivity index (χ3v) is 1.26. The highest BCUT2D eigenvalue weighted by molar-refractivity contribution is 6.23. The van der Waals surface area contributed by atoms with Crippen molar-refractivity contribution in [3.05, 3.63) is 0 Å². The number of alkyl halides is 1. The first-order valence-corrected chi connectivity index (χ1v) is 3.13. The van der Waals surface area contributed by atoms with Gasteiger partial charge in [0.1, 0.15) is 0 Å². The van der Waals surface area contributed by atoms with Crippen molar-refractivity contribution in [2.75, 3.05) is 0 Å². The van der Waals surface area contributed by atoms with Crippen LogP contribution in [-0.2, 0) is 4.79 Å². The molecule has 0 aromatic rings. The topological polar surface area (TPSA) is 69.1 Å². The van der Waals surface area contributed by atoms with Gasteiger partial charge in [0, 0.05) is 13.0 Å². The number of amides is 1. The number of carbonyl (C=O) groups excluding carboxylic acids is 1. The zero-order valence-corrected chi connectivity index (χ0v) is 6.06. The summed E-state index contributed by atoms with van der Waals surface area (Å²) in [4.78, 5) is 9.22. The van der Waals surface area contributed by atoms with E-state index in [0.717, 1.165) is 6.42 Å². The van der Waals surface area contributed by atoms with Gasteiger partial charge in [-0.25, -0.2) is 0 Å².